The molecule has 1 heterocycles. The van der Waals surface area contributed by atoms with Crippen LogP contribution in [-0.4, -0.2) is 35.2 Å². The molecule has 122 valence electrons. The smallest absolute Gasteiger partial charge is 0.407 e. The van der Waals surface area contributed by atoms with Gasteiger partial charge in [0, 0.05) is 18.8 Å². The molecule has 0 aliphatic heterocycles. The van der Waals surface area contributed by atoms with E-state index in [1.54, 1.807) is 20.8 Å². The highest BCUT2D eigenvalue weighted by Crippen LogP contribution is 2.06. The minimum absolute atomic E-state index is 0.160. The molecule has 0 saturated heterocycles. The highest BCUT2D eigenvalue weighted by Gasteiger charge is 2.16. The topological polar surface area (TPSA) is 80.3 Å². The molecule has 0 unspecified atom stereocenters. The van der Waals surface area contributed by atoms with E-state index >= 15 is 0 Å². The first-order chi connectivity index (χ1) is 10.2. The van der Waals surface area contributed by atoms with Crippen molar-refractivity contribution in [1.82, 2.24) is 15.6 Å². The molecule has 0 bridgehead atoms. The van der Waals surface area contributed by atoms with E-state index in [-0.39, 0.29) is 17.5 Å². The molecular formula is C15H22FN3O3. The average molecular weight is 311 g/mol. The molecule has 22 heavy (non-hydrogen) atoms. The van der Waals surface area contributed by atoms with Crippen LogP contribution in [0.3, 0.4) is 0 Å². The van der Waals surface area contributed by atoms with Crippen LogP contribution in [0.2, 0.25) is 0 Å². The van der Waals surface area contributed by atoms with Crippen molar-refractivity contribution in [3.05, 3.63) is 29.8 Å². The van der Waals surface area contributed by atoms with Crippen molar-refractivity contribution in [1.29, 1.82) is 0 Å². The second-order valence-electron chi connectivity index (χ2n) is 5.96. The number of hydrogen-bond acceptors (Lipinski definition) is 4. The lowest BCUT2D eigenvalue weighted by atomic mass is 10.2. The van der Waals surface area contributed by atoms with Crippen LogP contribution >= 0.6 is 0 Å². The third-order valence-electron chi connectivity index (χ3n) is 2.61. The number of nitrogens with zero attached hydrogens (tertiary/aromatic N) is 1. The predicted molar refractivity (Wildman–Crippen MR) is 80.0 cm³/mol. The summed E-state index contributed by atoms with van der Waals surface area (Å²) in [6.07, 6.45) is 1.23. The maximum absolute atomic E-state index is 12.7. The number of hydrogen-bond donors (Lipinski definition) is 2. The number of aromatic nitrogens is 1. The molecule has 0 fully saturated rings. The molecule has 0 radical (unpaired) electrons. The molecule has 0 aromatic carbocycles. The summed E-state index contributed by atoms with van der Waals surface area (Å²) in [6, 6.07) is 2.33. The predicted octanol–water partition coefficient (Wildman–Crippen LogP) is 2.25. The highest BCUT2D eigenvalue weighted by atomic mass is 19.1. The van der Waals surface area contributed by atoms with Gasteiger partial charge in [-0.15, -0.1) is 0 Å². The molecule has 0 aliphatic carbocycles. The van der Waals surface area contributed by atoms with E-state index in [2.05, 4.69) is 15.6 Å². The molecule has 2 amide bonds. The summed E-state index contributed by atoms with van der Waals surface area (Å²) in [5.74, 6) is -0.969. The Balaban J connectivity index is 2.31. The van der Waals surface area contributed by atoms with Gasteiger partial charge in [-0.05, 0) is 46.2 Å². The zero-order valence-corrected chi connectivity index (χ0v) is 13.3. The number of carbonyl (C=O) groups excluding carboxylic acids is 2. The molecule has 0 spiro atoms. The summed E-state index contributed by atoms with van der Waals surface area (Å²) in [5, 5.41) is 5.36. The van der Waals surface area contributed by atoms with Gasteiger partial charge in [0.05, 0.1) is 5.56 Å². The first-order valence-electron chi connectivity index (χ1n) is 7.06. The second kappa shape index (κ2) is 7.72. The number of halogens is 1. The first-order valence-corrected chi connectivity index (χ1v) is 7.06. The fourth-order valence-corrected chi connectivity index (χ4v) is 1.59. The van der Waals surface area contributed by atoms with Crippen molar-refractivity contribution >= 4 is 12.0 Å². The molecule has 7 heteroatoms. The Morgan fingerprint density at radius 3 is 2.59 bits per heavy atom. The SMILES string of the molecule is C[C@@H](CCNC(=O)OC(C)(C)C)NC(=O)c1ccc(F)nc1. The third kappa shape index (κ3) is 7.01. The molecular weight excluding hydrogens is 289 g/mol. The number of nitrogens with one attached hydrogen (secondary N) is 2. The van der Waals surface area contributed by atoms with E-state index in [1.165, 1.54) is 12.3 Å². The summed E-state index contributed by atoms with van der Waals surface area (Å²) in [7, 11) is 0. The quantitative estimate of drug-likeness (QED) is 0.817. The number of alkyl carbamates (subject to hydrolysis) is 1. The third-order valence-corrected chi connectivity index (χ3v) is 2.61. The van der Waals surface area contributed by atoms with Gasteiger partial charge in [0.1, 0.15) is 5.60 Å². The van der Waals surface area contributed by atoms with Crippen molar-refractivity contribution in [3.63, 3.8) is 0 Å². The fraction of sp³-hybridized carbons (Fsp3) is 0.533. The summed E-state index contributed by atoms with van der Waals surface area (Å²) in [6.45, 7) is 7.54. The van der Waals surface area contributed by atoms with Gasteiger partial charge >= 0.3 is 6.09 Å². The lowest BCUT2D eigenvalue weighted by Gasteiger charge is -2.20. The van der Waals surface area contributed by atoms with Crippen LogP contribution in [0.15, 0.2) is 18.3 Å². The normalized spacial score (nSPS) is 12.4. The van der Waals surface area contributed by atoms with Gasteiger partial charge < -0.3 is 15.4 Å². The van der Waals surface area contributed by atoms with Crippen molar-refractivity contribution in [2.45, 2.75) is 45.8 Å². The van der Waals surface area contributed by atoms with Gasteiger partial charge in [0.2, 0.25) is 5.95 Å². The largest absolute Gasteiger partial charge is 0.444 e. The zero-order chi connectivity index (χ0) is 16.8. The van der Waals surface area contributed by atoms with Crippen LogP contribution in [0.4, 0.5) is 9.18 Å². The van der Waals surface area contributed by atoms with Crippen LogP contribution in [0.25, 0.3) is 0 Å². The van der Waals surface area contributed by atoms with Crippen molar-refractivity contribution in [3.8, 4) is 0 Å². The molecule has 1 aromatic rings. The Morgan fingerprint density at radius 2 is 2.05 bits per heavy atom. The highest BCUT2D eigenvalue weighted by molar-refractivity contribution is 5.93. The first kappa shape index (κ1) is 17.9. The summed E-state index contributed by atoms with van der Waals surface area (Å²) < 4.78 is 17.8. The Bertz CT molecular complexity index is 512. The molecule has 6 nitrogen and oxygen atoms in total. The molecule has 2 N–H and O–H groups in total. The molecule has 1 atom stereocenters. The van der Waals surface area contributed by atoms with E-state index in [4.69, 9.17) is 4.74 Å². The van der Waals surface area contributed by atoms with Crippen molar-refractivity contribution in [2.24, 2.45) is 0 Å². The monoisotopic (exact) mass is 311 g/mol. The van der Waals surface area contributed by atoms with E-state index in [0.29, 0.717) is 13.0 Å². The fourth-order valence-electron chi connectivity index (χ4n) is 1.59. The van der Waals surface area contributed by atoms with E-state index in [9.17, 15) is 14.0 Å². The Labute approximate surface area is 129 Å². The van der Waals surface area contributed by atoms with E-state index in [0.717, 1.165) is 6.07 Å². The number of ether oxygens (including phenoxy) is 1. The molecule has 0 aliphatic rings. The minimum atomic E-state index is -0.633. The lowest BCUT2D eigenvalue weighted by molar-refractivity contribution is 0.0526. The van der Waals surface area contributed by atoms with Crippen molar-refractivity contribution < 1.29 is 18.7 Å². The number of rotatable bonds is 5. The van der Waals surface area contributed by atoms with Crippen LogP contribution in [0, 0.1) is 5.95 Å². The van der Waals surface area contributed by atoms with Crippen LogP contribution in [-0.2, 0) is 4.74 Å². The van der Waals surface area contributed by atoms with E-state index in [1.807, 2.05) is 6.92 Å². The molecule has 0 saturated carbocycles. The molecule has 1 aromatic heterocycles. The zero-order valence-electron chi connectivity index (χ0n) is 13.3. The average Bonchev–Trinajstić information content (AvgIpc) is 2.37. The van der Waals surface area contributed by atoms with Gasteiger partial charge in [-0.1, -0.05) is 0 Å². The summed E-state index contributed by atoms with van der Waals surface area (Å²) in [5.41, 5.74) is -0.257. The number of carbonyl (C=O) groups is 2. The summed E-state index contributed by atoms with van der Waals surface area (Å²) >= 11 is 0. The maximum atomic E-state index is 12.7. The Morgan fingerprint density at radius 1 is 1.36 bits per heavy atom. The second-order valence-corrected chi connectivity index (χ2v) is 5.96. The maximum Gasteiger partial charge on any atom is 0.407 e. The van der Waals surface area contributed by atoms with Crippen LogP contribution in [0.5, 0.6) is 0 Å². The van der Waals surface area contributed by atoms with Gasteiger partial charge in [-0.25, -0.2) is 9.78 Å². The van der Waals surface area contributed by atoms with Gasteiger partial charge in [0.15, 0.2) is 0 Å². The summed E-state index contributed by atoms with van der Waals surface area (Å²) in [4.78, 5) is 26.7. The number of pyridine rings is 1. The van der Waals surface area contributed by atoms with Crippen LogP contribution in [0.1, 0.15) is 44.5 Å². The standard InChI is InChI=1S/C15H22FN3O3/c1-10(7-8-17-14(21)22-15(2,3)4)19-13(20)11-5-6-12(16)18-9-11/h5-6,9-10H,7-8H2,1-4H3,(H,17,21)(H,19,20)/t10-/m0/s1. The lowest BCUT2D eigenvalue weighted by Crippen LogP contribution is -2.37. The van der Waals surface area contributed by atoms with Crippen molar-refractivity contribution in [2.75, 3.05) is 6.54 Å². The van der Waals surface area contributed by atoms with Gasteiger partial charge in [0.25, 0.3) is 5.91 Å². The Kier molecular flexibility index (Phi) is 6.27. The van der Waals surface area contributed by atoms with E-state index < -0.39 is 17.6 Å². The van der Waals surface area contributed by atoms with Crippen LogP contribution < -0.4 is 10.6 Å². The van der Waals surface area contributed by atoms with Gasteiger partial charge in [-0.3, -0.25) is 4.79 Å². The number of amides is 2. The van der Waals surface area contributed by atoms with Gasteiger partial charge in [-0.2, -0.15) is 4.39 Å². The Hall–Kier alpha value is -2.18. The molecule has 1 rings (SSSR count). The minimum Gasteiger partial charge on any atom is -0.444 e.